The molecule has 2 nitrogen and oxygen atoms in total. The molecule has 0 aromatic carbocycles. The van der Waals surface area contributed by atoms with E-state index in [0.717, 1.165) is 12.3 Å². The summed E-state index contributed by atoms with van der Waals surface area (Å²) in [5, 5.41) is 3.47. The van der Waals surface area contributed by atoms with E-state index >= 15 is 0 Å². The summed E-state index contributed by atoms with van der Waals surface area (Å²) >= 11 is 0. The van der Waals surface area contributed by atoms with Gasteiger partial charge in [0.15, 0.2) is 0 Å². The average Bonchev–Trinajstić information content (AvgIpc) is 2.63. The molecule has 0 saturated heterocycles. The van der Waals surface area contributed by atoms with E-state index in [4.69, 9.17) is 0 Å². The monoisotopic (exact) mass is 125 g/mol. The van der Waals surface area contributed by atoms with E-state index in [9.17, 15) is 4.79 Å². The number of carbonyl (C=O) groups excluding carboxylic acids is 1. The maximum Gasteiger partial charge on any atom is 0.332 e. The predicted molar refractivity (Wildman–Crippen MR) is 34.7 cm³/mol. The number of hydrogen-bond donors (Lipinski definition) is 0. The molecule has 1 saturated carbocycles. The molecule has 0 heterocycles. The fourth-order valence-electron chi connectivity index (χ4n) is 0.911. The molecule has 0 aliphatic heterocycles. The van der Waals surface area contributed by atoms with Gasteiger partial charge in [-0.2, -0.15) is 0 Å². The number of hydrogen-bond acceptors (Lipinski definition) is 1. The summed E-state index contributed by atoms with van der Waals surface area (Å²) in [4.78, 5) is 9.57. The minimum Gasteiger partial charge on any atom is -0.261 e. The molecule has 9 heavy (non-hydrogen) atoms. The minimum absolute atomic E-state index is 0.681. The Hall–Kier alpha value is -0.530. The first-order valence-corrected chi connectivity index (χ1v) is 3.47. The third-order valence-electron chi connectivity index (χ3n) is 1.64. The number of amides is 1. The van der Waals surface area contributed by atoms with E-state index < -0.39 is 0 Å². The zero-order chi connectivity index (χ0) is 6.53. The van der Waals surface area contributed by atoms with Crippen molar-refractivity contribution >= 4 is 6.41 Å². The Labute approximate surface area is 55.6 Å². The molecule has 1 aliphatic carbocycles. The Morgan fingerprint density at radius 3 is 2.89 bits per heavy atom. The molecular weight excluding hydrogens is 114 g/mol. The molecule has 50 valence electrons. The van der Waals surface area contributed by atoms with Crippen LogP contribution in [-0.4, -0.2) is 13.0 Å². The fourth-order valence-corrected chi connectivity index (χ4v) is 0.911. The summed E-state index contributed by atoms with van der Waals surface area (Å²) < 4.78 is 0. The Bertz CT molecular complexity index is 88.9. The van der Waals surface area contributed by atoms with Gasteiger partial charge in [0.05, 0.1) is 0 Å². The van der Waals surface area contributed by atoms with Crippen molar-refractivity contribution in [3.8, 4) is 0 Å². The lowest BCUT2D eigenvalue weighted by Gasteiger charge is -1.92. The van der Waals surface area contributed by atoms with Gasteiger partial charge in [-0.1, -0.05) is 12.8 Å². The quantitative estimate of drug-likeness (QED) is 0.501. The van der Waals surface area contributed by atoms with Gasteiger partial charge in [0.25, 0.3) is 0 Å². The van der Waals surface area contributed by atoms with Crippen molar-refractivity contribution in [2.45, 2.75) is 25.7 Å². The first kappa shape index (κ1) is 6.59. The van der Waals surface area contributed by atoms with Gasteiger partial charge in [-0.15, -0.1) is 0 Å². The highest BCUT2D eigenvalue weighted by molar-refractivity contribution is 5.46. The summed E-state index contributed by atoms with van der Waals surface area (Å²) in [6.45, 7) is 0.681. The van der Waals surface area contributed by atoms with Gasteiger partial charge in [0.2, 0.25) is 0 Å². The topological polar surface area (TPSA) is 31.2 Å². The van der Waals surface area contributed by atoms with Crippen LogP contribution < -0.4 is 5.32 Å². The molecule has 0 aromatic rings. The van der Waals surface area contributed by atoms with E-state index in [1.807, 2.05) is 0 Å². The molecule has 1 rings (SSSR count). The number of nitrogens with zero attached hydrogens (tertiary/aromatic N) is 1. The summed E-state index contributed by atoms with van der Waals surface area (Å²) in [7, 11) is 0. The van der Waals surface area contributed by atoms with E-state index in [-0.39, 0.29) is 0 Å². The molecule has 1 fully saturated rings. The molecule has 0 atom stereocenters. The van der Waals surface area contributed by atoms with Crippen LogP contribution in [0.5, 0.6) is 0 Å². The van der Waals surface area contributed by atoms with Gasteiger partial charge in [0.1, 0.15) is 0 Å². The zero-order valence-electron chi connectivity index (χ0n) is 5.47. The molecule has 1 aliphatic rings. The second-order valence-corrected chi connectivity index (χ2v) is 2.56. The van der Waals surface area contributed by atoms with Crippen molar-refractivity contribution in [1.29, 1.82) is 0 Å². The first-order chi connectivity index (χ1) is 4.43. The molecule has 1 amide bonds. The van der Waals surface area contributed by atoms with Crippen molar-refractivity contribution in [2.24, 2.45) is 5.92 Å². The van der Waals surface area contributed by atoms with Crippen molar-refractivity contribution in [3.63, 3.8) is 0 Å². The molecule has 2 radical (unpaired) electrons. The van der Waals surface area contributed by atoms with E-state index in [2.05, 4.69) is 5.32 Å². The highest BCUT2D eigenvalue weighted by Gasteiger charge is 2.19. The van der Waals surface area contributed by atoms with Crippen LogP contribution in [-0.2, 0) is 4.79 Å². The molecular formula is C7H11NO. The molecule has 2 heteroatoms. The molecule has 0 aromatic heterocycles. The minimum atomic E-state index is 0.681. The van der Waals surface area contributed by atoms with Crippen LogP contribution in [0.3, 0.4) is 0 Å². The Kier molecular flexibility index (Phi) is 2.55. The first-order valence-electron chi connectivity index (χ1n) is 3.47. The number of rotatable bonds is 5. The summed E-state index contributed by atoms with van der Waals surface area (Å²) in [6, 6.07) is 0. The summed E-state index contributed by atoms with van der Waals surface area (Å²) in [6.07, 6.45) is 6.65. The van der Waals surface area contributed by atoms with Crippen LogP contribution >= 0.6 is 0 Å². The lowest BCUT2D eigenvalue weighted by atomic mass is 10.2. The van der Waals surface area contributed by atoms with Crippen molar-refractivity contribution in [2.75, 3.05) is 6.54 Å². The van der Waals surface area contributed by atoms with Gasteiger partial charge in [-0.05, 0) is 18.8 Å². The van der Waals surface area contributed by atoms with Crippen LogP contribution in [0.1, 0.15) is 25.7 Å². The maximum atomic E-state index is 9.57. The van der Waals surface area contributed by atoms with Crippen LogP contribution in [0, 0.1) is 5.92 Å². The molecule has 0 N–H and O–H groups in total. The Morgan fingerprint density at radius 1 is 1.56 bits per heavy atom. The predicted octanol–water partition coefficient (Wildman–Crippen LogP) is 0.848. The summed E-state index contributed by atoms with van der Waals surface area (Å²) in [5.41, 5.74) is 0. The molecule has 0 spiro atoms. The smallest absolute Gasteiger partial charge is 0.261 e. The third kappa shape index (κ3) is 3.12. The van der Waals surface area contributed by atoms with Gasteiger partial charge < -0.3 is 0 Å². The van der Waals surface area contributed by atoms with Crippen molar-refractivity contribution in [3.05, 3.63) is 0 Å². The second kappa shape index (κ2) is 3.49. The SMILES string of the molecule is O=[C][N]CCCC1CC1. The maximum absolute atomic E-state index is 9.57. The lowest BCUT2D eigenvalue weighted by Crippen LogP contribution is -2.02. The standard InChI is InChI=1S/C7H11NO/c9-6-8-5-1-2-7-3-4-7/h7H,1-5H2. The molecule has 0 unspecified atom stereocenters. The second-order valence-electron chi connectivity index (χ2n) is 2.56. The third-order valence-corrected chi connectivity index (χ3v) is 1.64. The fraction of sp³-hybridized carbons (Fsp3) is 0.857. The lowest BCUT2D eigenvalue weighted by molar-refractivity contribution is 0.534. The average molecular weight is 125 g/mol. The van der Waals surface area contributed by atoms with E-state index in [0.29, 0.717) is 6.54 Å². The van der Waals surface area contributed by atoms with Crippen molar-refractivity contribution < 1.29 is 4.79 Å². The molecule has 0 bridgehead atoms. The highest BCUT2D eigenvalue weighted by atomic mass is 16.1. The van der Waals surface area contributed by atoms with Crippen molar-refractivity contribution in [1.82, 2.24) is 5.32 Å². The Morgan fingerprint density at radius 2 is 2.33 bits per heavy atom. The largest absolute Gasteiger partial charge is 0.332 e. The summed E-state index contributed by atoms with van der Waals surface area (Å²) in [5.74, 6) is 0.965. The van der Waals surface area contributed by atoms with Crippen LogP contribution in [0.15, 0.2) is 0 Å². The highest BCUT2D eigenvalue weighted by Crippen LogP contribution is 2.33. The Balaban J connectivity index is 1.75. The van der Waals surface area contributed by atoms with Crippen LogP contribution in [0.2, 0.25) is 0 Å². The van der Waals surface area contributed by atoms with Crippen LogP contribution in [0.25, 0.3) is 0 Å². The zero-order valence-corrected chi connectivity index (χ0v) is 5.47. The van der Waals surface area contributed by atoms with E-state index in [1.54, 1.807) is 0 Å². The van der Waals surface area contributed by atoms with Gasteiger partial charge in [0, 0.05) is 6.54 Å². The van der Waals surface area contributed by atoms with Gasteiger partial charge in [-0.3, -0.25) is 4.79 Å². The van der Waals surface area contributed by atoms with Gasteiger partial charge in [-0.25, -0.2) is 5.32 Å². The normalized spacial score (nSPS) is 17.3. The van der Waals surface area contributed by atoms with E-state index in [1.165, 1.54) is 25.7 Å². The van der Waals surface area contributed by atoms with Gasteiger partial charge >= 0.3 is 6.41 Å². The van der Waals surface area contributed by atoms with Crippen LogP contribution in [0.4, 0.5) is 0 Å².